The standard InChI is InChI=1S/C15H22ClNO2/c1-3-19-14-9-8-11(10-12(14)16)17-13-6-4-5-7-15(13)18-2/h8-10,13,15,17H,3-7H2,1-2H3. The molecule has 0 aliphatic heterocycles. The molecule has 2 atom stereocenters. The lowest BCUT2D eigenvalue weighted by Crippen LogP contribution is -2.37. The highest BCUT2D eigenvalue weighted by atomic mass is 35.5. The van der Waals surface area contributed by atoms with Crippen LogP contribution < -0.4 is 10.1 Å². The zero-order chi connectivity index (χ0) is 13.7. The van der Waals surface area contributed by atoms with Crippen LogP contribution in [0, 0.1) is 0 Å². The number of hydrogen-bond donors (Lipinski definition) is 1. The second-order valence-corrected chi connectivity index (χ2v) is 5.29. The van der Waals surface area contributed by atoms with Crippen molar-refractivity contribution in [3.8, 4) is 5.75 Å². The fraction of sp³-hybridized carbons (Fsp3) is 0.600. The van der Waals surface area contributed by atoms with Crippen molar-refractivity contribution in [3.05, 3.63) is 23.2 Å². The minimum Gasteiger partial charge on any atom is -0.492 e. The molecule has 1 aliphatic rings. The van der Waals surface area contributed by atoms with Gasteiger partial charge in [-0.1, -0.05) is 24.4 Å². The number of benzene rings is 1. The molecule has 1 N–H and O–H groups in total. The minimum absolute atomic E-state index is 0.291. The fourth-order valence-electron chi connectivity index (χ4n) is 2.62. The van der Waals surface area contributed by atoms with E-state index >= 15 is 0 Å². The number of nitrogens with one attached hydrogen (secondary N) is 1. The zero-order valence-electron chi connectivity index (χ0n) is 11.6. The van der Waals surface area contributed by atoms with Gasteiger partial charge in [0.05, 0.1) is 23.8 Å². The number of ether oxygens (including phenoxy) is 2. The van der Waals surface area contributed by atoms with Gasteiger partial charge in [-0.2, -0.15) is 0 Å². The highest BCUT2D eigenvalue weighted by Crippen LogP contribution is 2.30. The third-order valence-electron chi connectivity index (χ3n) is 3.59. The van der Waals surface area contributed by atoms with Gasteiger partial charge in [0, 0.05) is 12.8 Å². The van der Waals surface area contributed by atoms with Crippen LogP contribution in [-0.4, -0.2) is 25.9 Å². The lowest BCUT2D eigenvalue weighted by molar-refractivity contribution is 0.0606. The van der Waals surface area contributed by atoms with Crippen molar-refractivity contribution < 1.29 is 9.47 Å². The first-order chi connectivity index (χ1) is 9.24. The molecule has 1 aromatic carbocycles. The molecule has 0 heterocycles. The van der Waals surface area contributed by atoms with Gasteiger partial charge in [0.2, 0.25) is 0 Å². The largest absolute Gasteiger partial charge is 0.492 e. The quantitative estimate of drug-likeness (QED) is 0.882. The minimum atomic E-state index is 0.291. The average Bonchev–Trinajstić information content (AvgIpc) is 2.43. The molecule has 4 heteroatoms. The molecule has 0 radical (unpaired) electrons. The summed E-state index contributed by atoms with van der Waals surface area (Å²) in [5.74, 6) is 0.738. The van der Waals surface area contributed by atoms with Crippen LogP contribution in [0.1, 0.15) is 32.6 Å². The molecule has 3 nitrogen and oxygen atoms in total. The molecule has 2 rings (SSSR count). The zero-order valence-corrected chi connectivity index (χ0v) is 12.4. The molecule has 1 fully saturated rings. The van der Waals surface area contributed by atoms with Crippen molar-refractivity contribution >= 4 is 17.3 Å². The first kappa shape index (κ1) is 14.5. The molecule has 1 aliphatic carbocycles. The Kier molecular flexibility index (Phi) is 5.34. The second-order valence-electron chi connectivity index (χ2n) is 4.89. The number of rotatable bonds is 5. The first-order valence-electron chi connectivity index (χ1n) is 6.96. The summed E-state index contributed by atoms with van der Waals surface area (Å²) in [4.78, 5) is 0. The fourth-order valence-corrected chi connectivity index (χ4v) is 2.86. The monoisotopic (exact) mass is 283 g/mol. The van der Waals surface area contributed by atoms with Gasteiger partial charge in [0.25, 0.3) is 0 Å². The smallest absolute Gasteiger partial charge is 0.138 e. The van der Waals surface area contributed by atoms with Crippen molar-refractivity contribution in [1.82, 2.24) is 0 Å². The van der Waals surface area contributed by atoms with E-state index in [0.29, 0.717) is 23.8 Å². The summed E-state index contributed by atoms with van der Waals surface area (Å²) < 4.78 is 11.0. The predicted octanol–water partition coefficient (Wildman–Crippen LogP) is 4.11. The maximum Gasteiger partial charge on any atom is 0.138 e. The third kappa shape index (κ3) is 3.77. The van der Waals surface area contributed by atoms with Crippen molar-refractivity contribution in [1.29, 1.82) is 0 Å². The van der Waals surface area contributed by atoms with Gasteiger partial charge < -0.3 is 14.8 Å². The van der Waals surface area contributed by atoms with Crippen LogP contribution in [-0.2, 0) is 4.74 Å². The van der Waals surface area contributed by atoms with Gasteiger partial charge in [-0.25, -0.2) is 0 Å². The molecule has 0 amide bonds. The Balaban J connectivity index is 2.03. The van der Waals surface area contributed by atoms with Crippen LogP contribution in [0.4, 0.5) is 5.69 Å². The highest BCUT2D eigenvalue weighted by molar-refractivity contribution is 6.32. The normalized spacial score (nSPS) is 23.1. The lowest BCUT2D eigenvalue weighted by Gasteiger charge is -2.31. The number of hydrogen-bond acceptors (Lipinski definition) is 3. The van der Waals surface area contributed by atoms with Gasteiger partial charge in [0.1, 0.15) is 5.75 Å². The molecule has 1 aromatic rings. The topological polar surface area (TPSA) is 30.5 Å². The van der Waals surface area contributed by atoms with Gasteiger partial charge in [-0.3, -0.25) is 0 Å². The van der Waals surface area contributed by atoms with Crippen LogP contribution in [0.3, 0.4) is 0 Å². The summed E-state index contributed by atoms with van der Waals surface area (Å²) in [5.41, 5.74) is 1.03. The lowest BCUT2D eigenvalue weighted by atomic mass is 9.92. The molecule has 2 unspecified atom stereocenters. The van der Waals surface area contributed by atoms with E-state index in [2.05, 4.69) is 5.32 Å². The maximum absolute atomic E-state index is 6.20. The van der Waals surface area contributed by atoms with Gasteiger partial charge >= 0.3 is 0 Å². The number of methoxy groups -OCH3 is 1. The molecule has 0 aromatic heterocycles. The van der Waals surface area contributed by atoms with Crippen LogP contribution in [0.25, 0.3) is 0 Å². The Morgan fingerprint density at radius 1 is 1.32 bits per heavy atom. The van der Waals surface area contributed by atoms with E-state index in [0.717, 1.165) is 24.3 Å². The Hall–Kier alpha value is -0.930. The molecular weight excluding hydrogens is 262 g/mol. The summed E-state index contributed by atoms with van der Waals surface area (Å²) >= 11 is 6.20. The SMILES string of the molecule is CCOc1ccc(NC2CCCCC2OC)cc1Cl. The Labute approximate surface area is 120 Å². The van der Waals surface area contributed by atoms with Gasteiger partial charge in [-0.05, 0) is 38.0 Å². The van der Waals surface area contributed by atoms with E-state index in [4.69, 9.17) is 21.1 Å². The molecule has 0 bridgehead atoms. The number of halogens is 1. The van der Waals surface area contributed by atoms with Gasteiger partial charge in [-0.15, -0.1) is 0 Å². The molecular formula is C15H22ClNO2. The van der Waals surface area contributed by atoms with Crippen LogP contribution in [0.2, 0.25) is 5.02 Å². The van der Waals surface area contributed by atoms with Crippen molar-refractivity contribution in [3.63, 3.8) is 0 Å². The first-order valence-corrected chi connectivity index (χ1v) is 7.34. The van der Waals surface area contributed by atoms with E-state index in [-0.39, 0.29) is 0 Å². The molecule has 0 spiro atoms. The maximum atomic E-state index is 6.20. The Bertz CT molecular complexity index is 411. The number of anilines is 1. The van der Waals surface area contributed by atoms with Gasteiger partial charge in [0.15, 0.2) is 0 Å². The van der Waals surface area contributed by atoms with Crippen molar-refractivity contribution in [2.45, 2.75) is 44.8 Å². The molecule has 106 valence electrons. The summed E-state index contributed by atoms with van der Waals surface area (Å²) in [6.45, 7) is 2.58. The van der Waals surface area contributed by atoms with E-state index in [9.17, 15) is 0 Å². The molecule has 19 heavy (non-hydrogen) atoms. The van der Waals surface area contributed by atoms with Crippen molar-refractivity contribution in [2.24, 2.45) is 0 Å². The third-order valence-corrected chi connectivity index (χ3v) is 3.88. The second kappa shape index (κ2) is 7.01. The predicted molar refractivity (Wildman–Crippen MR) is 79.3 cm³/mol. The van der Waals surface area contributed by atoms with Crippen molar-refractivity contribution in [2.75, 3.05) is 19.0 Å². The highest BCUT2D eigenvalue weighted by Gasteiger charge is 2.24. The van der Waals surface area contributed by atoms with E-state index in [1.54, 1.807) is 7.11 Å². The van der Waals surface area contributed by atoms with E-state index in [1.165, 1.54) is 12.8 Å². The Morgan fingerprint density at radius 3 is 2.79 bits per heavy atom. The summed E-state index contributed by atoms with van der Waals surface area (Å²) in [6.07, 6.45) is 5.06. The van der Waals surface area contributed by atoms with E-state index < -0.39 is 0 Å². The van der Waals surface area contributed by atoms with Crippen LogP contribution in [0.5, 0.6) is 5.75 Å². The van der Waals surface area contributed by atoms with Crippen LogP contribution >= 0.6 is 11.6 Å². The summed E-state index contributed by atoms with van der Waals surface area (Å²) in [7, 11) is 1.79. The Morgan fingerprint density at radius 2 is 2.11 bits per heavy atom. The summed E-state index contributed by atoms with van der Waals surface area (Å²) in [5, 5.41) is 4.18. The average molecular weight is 284 g/mol. The molecule has 1 saturated carbocycles. The van der Waals surface area contributed by atoms with E-state index in [1.807, 2.05) is 25.1 Å². The summed E-state index contributed by atoms with van der Waals surface area (Å²) in [6, 6.07) is 6.22. The molecule has 0 saturated heterocycles. The van der Waals surface area contributed by atoms with Crippen LogP contribution in [0.15, 0.2) is 18.2 Å².